The van der Waals surface area contributed by atoms with Crippen molar-refractivity contribution in [3.8, 4) is 0 Å². The normalized spacial score (nSPS) is 16.9. The highest BCUT2D eigenvalue weighted by Crippen LogP contribution is 2.20. The summed E-state index contributed by atoms with van der Waals surface area (Å²) in [6.45, 7) is 10.8. The van der Waals surface area contributed by atoms with Crippen molar-refractivity contribution in [1.82, 2.24) is 9.96 Å². The fourth-order valence-corrected chi connectivity index (χ4v) is 2.75. The van der Waals surface area contributed by atoms with Crippen LogP contribution in [0.4, 0.5) is 4.79 Å². The highest BCUT2D eigenvalue weighted by molar-refractivity contribution is 6.17. The van der Waals surface area contributed by atoms with Crippen LogP contribution >= 0.6 is 11.6 Å². The minimum absolute atomic E-state index is 0.213. The molecule has 0 aromatic heterocycles. The molecule has 0 N–H and O–H groups in total. The second-order valence-electron chi connectivity index (χ2n) is 7.07. The summed E-state index contributed by atoms with van der Waals surface area (Å²) in [6.07, 6.45) is 5.14. The van der Waals surface area contributed by atoms with E-state index in [1.54, 1.807) is 4.90 Å². The van der Waals surface area contributed by atoms with Crippen molar-refractivity contribution in [2.75, 3.05) is 32.1 Å². The maximum absolute atomic E-state index is 12.1. The Morgan fingerprint density at radius 1 is 1.26 bits per heavy atom. The van der Waals surface area contributed by atoms with Gasteiger partial charge in [-0.05, 0) is 40.0 Å². The number of ether oxygens (including phenoxy) is 1. The minimum Gasteiger partial charge on any atom is -0.444 e. The SMILES string of the molecule is CCCCCN(OCCCl)C1CCN(C(=O)OC(C)(C)C)CC1. The van der Waals surface area contributed by atoms with E-state index in [2.05, 4.69) is 12.0 Å². The summed E-state index contributed by atoms with van der Waals surface area (Å²) in [6, 6.07) is 0.355. The van der Waals surface area contributed by atoms with E-state index < -0.39 is 5.60 Å². The number of hydroxylamine groups is 2. The predicted octanol–water partition coefficient (Wildman–Crippen LogP) is 4.05. The Morgan fingerprint density at radius 3 is 2.43 bits per heavy atom. The van der Waals surface area contributed by atoms with Crippen LogP contribution in [0.25, 0.3) is 0 Å². The van der Waals surface area contributed by atoms with E-state index in [-0.39, 0.29) is 6.09 Å². The fraction of sp³-hybridized carbons (Fsp3) is 0.941. The molecule has 0 aromatic rings. The van der Waals surface area contributed by atoms with Crippen molar-refractivity contribution in [3.63, 3.8) is 0 Å². The molecule has 0 atom stereocenters. The van der Waals surface area contributed by atoms with E-state index in [1.165, 1.54) is 12.8 Å². The molecule has 1 rings (SSSR count). The Morgan fingerprint density at radius 2 is 1.91 bits per heavy atom. The van der Waals surface area contributed by atoms with Gasteiger partial charge in [-0.1, -0.05) is 19.8 Å². The molecule has 23 heavy (non-hydrogen) atoms. The quantitative estimate of drug-likeness (QED) is 0.377. The molecule has 5 nitrogen and oxygen atoms in total. The predicted molar refractivity (Wildman–Crippen MR) is 93.7 cm³/mol. The molecule has 1 amide bonds. The van der Waals surface area contributed by atoms with Gasteiger partial charge in [0.2, 0.25) is 0 Å². The van der Waals surface area contributed by atoms with Gasteiger partial charge < -0.3 is 9.64 Å². The zero-order chi connectivity index (χ0) is 17.3. The first kappa shape index (κ1) is 20.5. The third kappa shape index (κ3) is 8.23. The van der Waals surface area contributed by atoms with E-state index in [1.807, 2.05) is 20.8 Å². The Balaban J connectivity index is 2.45. The van der Waals surface area contributed by atoms with E-state index in [0.29, 0.717) is 31.6 Å². The monoisotopic (exact) mass is 348 g/mol. The molecule has 1 aliphatic heterocycles. The lowest BCUT2D eigenvalue weighted by molar-refractivity contribution is -0.190. The molecule has 1 heterocycles. The summed E-state index contributed by atoms with van der Waals surface area (Å²) < 4.78 is 5.44. The number of piperidine rings is 1. The first-order chi connectivity index (χ1) is 10.9. The van der Waals surface area contributed by atoms with Crippen LogP contribution < -0.4 is 0 Å². The number of unbranched alkanes of at least 4 members (excludes halogenated alkanes) is 2. The number of rotatable bonds is 8. The maximum atomic E-state index is 12.1. The lowest BCUT2D eigenvalue weighted by Crippen LogP contribution is -2.48. The number of alkyl halides is 1. The van der Waals surface area contributed by atoms with Gasteiger partial charge >= 0.3 is 6.09 Å². The van der Waals surface area contributed by atoms with Crippen LogP contribution in [0.15, 0.2) is 0 Å². The Bertz CT molecular complexity index is 339. The van der Waals surface area contributed by atoms with E-state index in [4.69, 9.17) is 21.2 Å². The first-order valence-corrected chi connectivity index (χ1v) is 9.34. The van der Waals surface area contributed by atoms with Gasteiger partial charge in [-0.2, -0.15) is 5.06 Å². The fourth-order valence-electron chi connectivity index (χ4n) is 2.68. The number of hydrogen-bond donors (Lipinski definition) is 0. The van der Waals surface area contributed by atoms with E-state index in [0.717, 1.165) is 25.8 Å². The van der Waals surface area contributed by atoms with Gasteiger partial charge in [-0.3, -0.25) is 4.84 Å². The Kier molecular flexibility index (Phi) is 9.25. The number of amides is 1. The molecular weight excluding hydrogens is 316 g/mol. The molecule has 0 aromatic carbocycles. The van der Waals surface area contributed by atoms with Gasteiger partial charge in [0.1, 0.15) is 5.60 Å². The highest BCUT2D eigenvalue weighted by atomic mass is 35.5. The van der Waals surface area contributed by atoms with Crippen LogP contribution in [0.5, 0.6) is 0 Å². The number of carbonyl (C=O) groups is 1. The average Bonchev–Trinajstić information content (AvgIpc) is 2.49. The van der Waals surface area contributed by atoms with Crippen molar-refractivity contribution < 1.29 is 14.4 Å². The number of hydrogen-bond acceptors (Lipinski definition) is 4. The van der Waals surface area contributed by atoms with Crippen LogP contribution in [0.3, 0.4) is 0 Å². The van der Waals surface area contributed by atoms with Crippen molar-refractivity contribution in [2.24, 2.45) is 0 Å². The molecule has 1 fully saturated rings. The second-order valence-corrected chi connectivity index (χ2v) is 7.45. The summed E-state index contributed by atoms with van der Waals surface area (Å²) in [5.74, 6) is 0.501. The summed E-state index contributed by atoms with van der Waals surface area (Å²) in [7, 11) is 0. The lowest BCUT2D eigenvalue weighted by Gasteiger charge is -2.38. The first-order valence-electron chi connectivity index (χ1n) is 8.80. The molecule has 0 radical (unpaired) electrons. The van der Waals surface area contributed by atoms with Crippen molar-refractivity contribution in [3.05, 3.63) is 0 Å². The smallest absolute Gasteiger partial charge is 0.410 e. The second kappa shape index (κ2) is 10.4. The van der Waals surface area contributed by atoms with Crippen molar-refractivity contribution in [2.45, 2.75) is 71.4 Å². The van der Waals surface area contributed by atoms with Crippen LogP contribution in [-0.4, -0.2) is 59.8 Å². The molecule has 1 saturated heterocycles. The summed E-state index contributed by atoms with van der Waals surface area (Å²) in [5.41, 5.74) is -0.441. The van der Waals surface area contributed by atoms with Gasteiger partial charge in [-0.25, -0.2) is 4.79 Å². The lowest BCUT2D eigenvalue weighted by atomic mass is 10.0. The average molecular weight is 349 g/mol. The zero-order valence-electron chi connectivity index (χ0n) is 15.1. The van der Waals surface area contributed by atoms with Crippen molar-refractivity contribution >= 4 is 17.7 Å². The van der Waals surface area contributed by atoms with Crippen LogP contribution in [0.1, 0.15) is 59.8 Å². The van der Waals surface area contributed by atoms with Gasteiger partial charge in [0.25, 0.3) is 0 Å². The molecular formula is C17H33ClN2O3. The molecule has 0 spiro atoms. The highest BCUT2D eigenvalue weighted by Gasteiger charge is 2.29. The summed E-state index contributed by atoms with van der Waals surface area (Å²) in [5, 5.41) is 2.09. The van der Waals surface area contributed by atoms with Crippen LogP contribution in [-0.2, 0) is 9.57 Å². The third-order valence-corrected chi connectivity index (χ3v) is 3.99. The van der Waals surface area contributed by atoms with E-state index in [9.17, 15) is 4.79 Å². The Hall–Kier alpha value is -0.520. The van der Waals surface area contributed by atoms with Crippen molar-refractivity contribution in [1.29, 1.82) is 0 Å². The van der Waals surface area contributed by atoms with Gasteiger partial charge in [-0.15, -0.1) is 11.6 Å². The largest absolute Gasteiger partial charge is 0.444 e. The topological polar surface area (TPSA) is 42.0 Å². The molecule has 6 heteroatoms. The van der Waals surface area contributed by atoms with Gasteiger partial charge in [0.05, 0.1) is 6.61 Å². The molecule has 0 bridgehead atoms. The Labute approximate surface area is 146 Å². The van der Waals surface area contributed by atoms with Crippen LogP contribution in [0.2, 0.25) is 0 Å². The minimum atomic E-state index is -0.441. The third-order valence-electron chi connectivity index (χ3n) is 3.84. The molecule has 0 aliphatic carbocycles. The maximum Gasteiger partial charge on any atom is 0.410 e. The van der Waals surface area contributed by atoms with Crippen LogP contribution in [0, 0.1) is 0 Å². The summed E-state index contributed by atoms with van der Waals surface area (Å²) >= 11 is 5.75. The zero-order valence-corrected chi connectivity index (χ0v) is 15.9. The van der Waals surface area contributed by atoms with E-state index >= 15 is 0 Å². The number of nitrogens with zero attached hydrogens (tertiary/aromatic N) is 2. The molecule has 0 unspecified atom stereocenters. The standard InChI is InChI=1S/C17H33ClN2O3/c1-5-6-7-11-20(22-14-10-18)15-8-12-19(13-9-15)16(21)23-17(2,3)4/h15H,5-14H2,1-4H3. The molecule has 136 valence electrons. The van der Waals surface area contributed by atoms with Gasteiger partial charge in [0.15, 0.2) is 0 Å². The van der Waals surface area contributed by atoms with Gasteiger partial charge in [0, 0.05) is 31.6 Å². The number of halogens is 1. The molecule has 1 aliphatic rings. The summed E-state index contributed by atoms with van der Waals surface area (Å²) in [4.78, 5) is 19.7. The number of carbonyl (C=O) groups excluding carboxylic acids is 1. The number of likely N-dealkylation sites (tertiary alicyclic amines) is 1. The molecule has 0 saturated carbocycles.